The number of hydrogen-bond donors (Lipinski definition) is 5. The fourth-order valence-corrected chi connectivity index (χ4v) is 8.15. The van der Waals surface area contributed by atoms with E-state index in [1.807, 2.05) is 24.3 Å². The monoisotopic (exact) mass is 500 g/mol. The maximum absolute atomic E-state index is 12.4. The Labute approximate surface area is 214 Å². The van der Waals surface area contributed by atoms with Gasteiger partial charge in [-0.2, -0.15) is 0 Å². The van der Waals surface area contributed by atoms with E-state index in [1.165, 1.54) is 38.5 Å². The average molecular weight is 501 g/mol. The van der Waals surface area contributed by atoms with Crippen molar-refractivity contribution in [2.24, 2.45) is 16.7 Å². The van der Waals surface area contributed by atoms with Gasteiger partial charge in [0.05, 0.1) is 0 Å². The average Bonchev–Trinajstić information content (AvgIpc) is 2.75. The van der Waals surface area contributed by atoms with E-state index >= 15 is 0 Å². The number of carbonyl (C=O) groups excluding carboxylic acids is 2. The molecule has 4 saturated carbocycles. The fraction of sp³-hybridized carbons (Fsp3) is 0.667. The van der Waals surface area contributed by atoms with Crippen LogP contribution in [0.1, 0.15) is 94.8 Å². The molecule has 2 amide bonds. The molecule has 1 aromatic rings. The van der Waals surface area contributed by atoms with Crippen molar-refractivity contribution in [2.75, 3.05) is 11.9 Å². The Morgan fingerprint density at radius 3 is 2.26 bits per heavy atom. The zero-order valence-corrected chi connectivity index (χ0v) is 21.9. The molecule has 0 heterocycles. The van der Waals surface area contributed by atoms with E-state index < -0.39 is 0 Å². The number of unbranched alkanes of at least 4 members (excludes halogenated alkanes) is 3. The number of hydroxylamine groups is 1. The lowest BCUT2D eigenvalue weighted by Crippen LogP contribution is -2.65. The maximum atomic E-state index is 12.4. The summed E-state index contributed by atoms with van der Waals surface area (Å²) < 4.78 is 0. The van der Waals surface area contributed by atoms with Crippen LogP contribution in [-0.2, 0) is 4.79 Å². The zero-order valence-electron chi connectivity index (χ0n) is 21.0. The van der Waals surface area contributed by atoms with Crippen molar-refractivity contribution in [2.45, 2.75) is 90.0 Å². The molecule has 0 aromatic heterocycles. The third kappa shape index (κ3) is 6.53. The van der Waals surface area contributed by atoms with Crippen LogP contribution in [0.5, 0.6) is 0 Å². The van der Waals surface area contributed by atoms with Gasteiger partial charge in [-0.05, 0) is 105 Å². The molecule has 192 valence electrons. The van der Waals surface area contributed by atoms with Gasteiger partial charge >= 0.3 is 0 Å². The Morgan fingerprint density at radius 1 is 0.971 bits per heavy atom. The van der Waals surface area contributed by atoms with Crippen molar-refractivity contribution in [3.63, 3.8) is 0 Å². The van der Waals surface area contributed by atoms with Crippen molar-refractivity contribution in [3.8, 4) is 0 Å². The highest BCUT2D eigenvalue weighted by Gasteiger charge is 2.60. The van der Waals surface area contributed by atoms with Gasteiger partial charge in [0.1, 0.15) is 0 Å². The molecule has 5 N–H and O–H groups in total. The molecule has 5 rings (SSSR count). The summed E-state index contributed by atoms with van der Waals surface area (Å²) in [6.07, 6.45) is 11.4. The molecule has 35 heavy (non-hydrogen) atoms. The maximum Gasteiger partial charge on any atom is 0.251 e. The summed E-state index contributed by atoms with van der Waals surface area (Å²) in [6.45, 7) is 5.52. The highest BCUT2D eigenvalue weighted by atomic mass is 32.1. The lowest BCUT2D eigenvalue weighted by molar-refractivity contribution is -0.129. The van der Waals surface area contributed by atoms with E-state index in [4.69, 9.17) is 17.4 Å². The van der Waals surface area contributed by atoms with Crippen LogP contribution < -0.4 is 21.4 Å². The van der Waals surface area contributed by atoms with Crippen LogP contribution in [0, 0.1) is 16.7 Å². The first kappa shape index (κ1) is 25.9. The summed E-state index contributed by atoms with van der Waals surface area (Å²) in [4.78, 5) is 23.4. The van der Waals surface area contributed by atoms with E-state index in [9.17, 15) is 9.59 Å². The predicted octanol–water partition coefficient (Wildman–Crippen LogP) is 4.91. The lowest BCUT2D eigenvalue weighted by Gasteiger charge is -2.65. The molecule has 4 fully saturated rings. The molecule has 1 aromatic carbocycles. The summed E-state index contributed by atoms with van der Waals surface area (Å²) in [6, 6.07) is 7.44. The van der Waals surface area contributed by atoms with Crippen molar-refractivity contribution in [1.82, 2.24) is 16.1 Å². The number of anilines is 1. The second-order valence-corrected chi connectivity index (χ2v) is 12.4. The summed E-state index contributed by atoms with van der Waals surface area (Å²) >= 11 is 5.71. The number of nitrogens with one attached hydrogen (secondary N) is 4. The highest BCUT2D eigenvalue weighted by Crippen LogP contribution is 2.66. The molecule has 0 aliphatic heterocycles. The third-order valence-electron chi connectivity index (χ3n) is 8.15. The summed E-state index contributed by atoms with van der Waals surface area (Å²) in [5.41, 5.74) is 4.11. The minimum atomic E-state index is -0.357. The minimum Gasteiger partial charge on any atom is -0.357 e. The molecule has 8 heteroatoms. The molecule has 0 saturated heterocycles. The van der Waals surface area contributed by atoms with Gasteiger partial charge in [-0.1, -0.05) is 26.7 Å². The summed E-state index contributed by atoms with van der Waals surface area (Å²) in [5.74, 6) is 0.360. The van der Waals surface area contributed by atoms with E-state index in [-0.39, 0.29) is 17.4 Å². The lowest BCUT2D eigenvalue weighted by atomic mass is 9.43. The summed E-state index contributed by atoms with van der Waals surface area (Å²) in [7, 11) is 0. The number of carbonyl (C=O) groups is 2. The van der Waals surface area contributed by atoms with E-state index in [2.05, 4.69) is 29.8 Å². The first-order chi connectivity index (χ1) is 16.6. The fourth-order valence-electron chi connectivity index (χ4n) is 7.82. The van der Waals surface area contributed by atoms with Crippen LogP contribution in [0.3, 0.4) is 0 Å². The topological polar surface area (TPSA) is 102 Å². The molecule has 4 bridgehead atoms. The molecule has 0 spiro atoms. The molecule has 0 radical (unpaired) electrons. The van der Waals surface area contributed by atoms with Crippen LogP contribution in [-0.4, -0.2) is 34.2 Å². The molecule has 2 unspecified atom stereocenters. The normalized spacial score (nSPS) is 30.5. The standard InChI is InChI=1S/C27H40N4O3S/c1-25-13-19-14-26(2,16-25)18-27(15-19,17-25)30-24(35)29-21-10-8-20(9-11-21)23(33)28-12-6-4-3-5-7-22(32)31-34/h8-11,19,34H,3-7,12-18H2,1-2H3,(H,28,33)(H,31,32)(H2,29,30,35). The Kier molecular flexibility index (Phi) is 7.71. The van der Waals surface area contributed by atoms with E-state index in [0.717, 1.165) is 37.3 Å². The van der Waals surface area contributed by atoms with Crippen molar-refractivity contribution >= 4 is 34.8 Å². The largest absolute Gasteiger partial charge is 0.357 e. The van der Waals surface area contributed by atoms with Gasteiger partial charge in [-0.15, -0.1) is 0 Å². The number of hydrogen-bond acceptors (Lipinski definition) is 4. The van der Waals surface area contributed by atoms with E-state index in [1.54, 1.807) is 5.48 Å². The Hall–Kier alpha value is -2.19. The summed E-state index contributed by atoms with van der Waals surface area (Å²) in [5, 5.41) is 19.2. The van der Waals surface area contributed by atoms with Gasteiger partial charge in [-0.3, -0.25) is 14.8 Å². The van der Waals surface area contributed by atoms with Gasteiger partial charge in [-0.25, -0.2) is 5.48 Å². The molecular weight excluding hydrogens is 460 g/mol. The number of amides is 2. The predicted molar refractivity (Wildman–Crippen MR) is 141 cm³/mol. The van der Waals surface area contributed by atoms with Gasteiger partial charge in [0.15, 0.2) is 5.11 Å². The van der Waals surface area contributed by atoms with Crippen molar-refractivity contribution < 1.29 is 14.8 Å². The Balaban J connectivity index is 1.20. The van der Waals surface area contributed by atoms with Crippen molar-refractivity contribution in [1.29, 1.82) is 0 Å². The zero-order chi connectivity index (χ0) is 25.1. The second-order valence-electron chi connectivity index (χ2n) is 12.0. The van der Waals surface area contributed by atoms with Crippen LogP contribution in [0.25, 0.3) is 0 Å². The third-order valence-corrected chi connectivity index (χ3v) is 8.35. The van der Waals surface area contributed by atoms with Crippen LogP contribution in [0.15, 0.2) is 24.3 Å². The molecule has 2 atom stereocenters. The molecule has 4 aliphatic carbocycles. The quantitative estimate of drug-likeness (QED) is 0.135. The molecule has 4 aliphatic rings. The van der Waals surface area contributed by atoms with Crippen LogP contribution in [0.4, 0.5) is 5.69 Å². The number of benzene rings is 1. The Bertz CT molecular complexity index is 932. The van der Waals surface area contributed by atoms with Gasteiger partial charge in [0.25, 0.3) is 5.91 Å². The minimum absolute atomic E-state index is 0.0908. The van der Waals surface area contributed by atoms with Gasteiger partial charge < -0.3 is 16.0 Å². The first-order valence-electron chi connectivity index (χ1n) is 13.0. The van der Waals surface area contributed by atoms with Gasteiger partial charge in [0.2, 0.25) is 5.91 Å². The molecular formula is C27H40N4O3S. The van der Waals surface area contributed by atoms with Crippen LogP contribution in [0.2, 0.25) is 0 Å². The van der Waals surface area contributed by atoms with E-state index in [0.29, 0.717) is 34.5 Å². The second kappa shape index (κ2) is 10.4. The molecule has 7 nitrogen and oxygen atoms in total. The number of thiocarbonyl (C=S) groups is 1. The first-order valence-corrected chi connectivity index (χ1v) is 13.4. The van der Waals surface area contributed by atoms with Crippen molar-refractivity contribution in [3.05, 3.63) is 29.8 Å². The Morgan fingerprint density at radius 2 is 1.63 bits per heavy atom. The number of rotatable bonds is 10. The highest BCUT2D eigenvalue weighted by molar-refractivity contribution is 7.80. The van der Waals surface area contributed by atoms with Crippen LogP contribution >= 0.6 is 12.2 Å². The van der Waals surface area contributed by atoms with Gasteiger partial charge in [0, 0.05) is 29.8 Å². The smallest absolute Gasteiger partial charge is 0.251 e. The SMILES string of the molecule is CC12CC3CC(C)(C1)CC(NC(=S)Nc1ccc(C(=O)NCCCCCCC(=O)NO)cc1)(C3)C2.